The molecule has 0 fully saturated rings. The van der Waals surface area contributed by atoms with Crippen LogP contribution in [0.15, 0.2) is 0 Å². The lowest BCUT2D eigenvalue weighted by Gasteiger charge is -1.85. The number of unbranched alkanes of at least 4 members (excludes halogenated alkanes) is 1. The quantitative estimate of drug-likeness (QED) is 0.362. The van der Waals surface area contributed by atoms with Gasteiger partial charge in [0.2, 0.25) is 0 Å². The summed E-state index contributed by atoms with van der Waals surface area (Å²) in [4.78, 5) is 10.2. The number of hydrogen-bond acceptors (Lipinski definition) is 1. The lowest BCUT2D eigenvalue weighted by atomic mass is 10.3. The summed E-state index contributed by atoms with van der Waals surface area (Å²) in [5.41, 5.74) is 0. The van der Waals surface area contributed by atoms with Crippen LogP contribution in [0.25, 0.3) is 0 Å². The van der Waals surface area contributed by atoms with Crippen molar-refractivity contribution in [3.8, 4) is 12.3 Å². The minimum Gasteiger partial charge on any atom is -0.287 e. The van der Waals surface area contributed by atoms with Crippen molar-refractivity contribution in [2.75, 3.05) is 0 Å². The van der Waals surface area contributed by atoms with Gasteiger partial charge >= 0.3 is 0 Å². The Bertz CT molecular complexity index is 112. The van der Waals surface area contributed by atoms with E-state index in [0.29, 0.717) is 12.8 Å². The molecular weight excluding hydrogens is 168 g/mol. The molecule has 44 valence electrons. The number of halogens is 1. The van der Waals surface area contributed by atoms with E-state index in [1.807, 2.05) is 0 Å². The van der Waals surface area contributed by atoms with E-state index in [9.17, 15) is 4.79 Å². The Morgan fingerprint density at radius 2 is 2.38 bits per heavy atom. The Hall–Kier alpha value is -0.290. The predicted molar refractivity (Wildman–Crippen MR) is 36.6 cm³/mol. The SMILES string of the molecule is C#CCCCC(=O)Br. The van der Waals surface area contributed by atoms with Gasteiger partial charge < -0.3 is 0 Å². The molecule has 0 atom stereocenters. The Labute approximate surface area is 57.6 Å². The number of terminal acetylenes is 1. The van der Waals surface area contributed by atoms with Crippen LogP contribution in [0.5, 0.6) is 0 Å². The van der Waals surface area contributed by atoms with Crippen LogP contribution in [-0.2, 0) is 4.79 Å². The van der Waals surface area contributed by atoms with E-state index in [4.69, 9.17) is 6.42 Å². The van der Waals surface area contributed by atoms with Crippen molar-refractivity contribution in [3.63, 3.8) is 0 Å². The molecule has 0 saturated heterocycles. The molecule has 0 amide bonds. The molecule has 2 heteroatoms. The Morgan fingerprint density at radius 1 is 1.75 bits per heavy atom. The molecule has 1 nitrogen and oxygen atoms in total. The summed E-state index contributed by atoms with van der Waals surface area (Å²) in [5.74, 6) is 2.45. The van der Waals surface area contributed by atoms with Gasteiger partial charge in [-0.1, -0.05) is 0 Å². The second kappa shape index (κ2) is 4.86. The molecule has 0 unspecified atom stereocenters. The number of carbonyl (C=O) groups excluding carboxylic acids is 1. The molecule has 0 aromatic carbocycles. The highest BCUT2D eigenvalue weighted by molar-refractivity contribution is 9.18. The summed E-state index contributed by atoms with van der Waals surface area (Å²) in [6.07, 6.45) is 6.97. The molecule has 0 aromatic heterocycles. The Kier molecular flexibility index (Phi) is 4.68. The minimum atomic E-state index is 0.0350. The highest BCUT2D eigenvalue weighted by atomic mass is 79.9. The maximum Gasteiger partial charge on any atom is 0.197 e. The molecule has 0 saturated carbocycles. The summed E-state index contributed by atoms with van der Waals surface area (Å²) in [6, 6.07) is 0. The van der Waals surface area contributed by atoms with Crippen molar-refractivity contribution < 1.29 is 4.79 Å². The van der Waals surface area contributed by atoms with Gasteiger partial charge in [0, 0.05) is 12.8 Å². The highest BCUT2D eigenvalue weighted by Crippen LogP contribution is 1.98. The van der Waals surface area contributed by atoms with E-state index in [2.05, 4.69) is 21.9 Å². The van der Waals surface area contributed by atoms with E-state index in [1.54, 1.807) is 0 Å². The molecule has 0 heterocycles. The molecule has 0 aliphatic rings. The van der Waals surface area contributed by atoms with Gasteiger partial charge in [-0.2, -0.15) is 0 Å². The van der Waals surface area contributed by atoms with Crippen LogP contribution in [0.2, 0.25) is 0 Å². The lowest BCUT2D eigenvalue weighted by molar-refractivity contribution is -0.110. The number of rotatable bonds is 3. The zero-order valence-electron chi connectivity index (χ0n) is 4.48. The van der Waals surface area contributed by atoms with Crippen molar-refractivity contribution in [2.24, 2.45) is 0 Å². The van der Waals surface area contributed by atoms with E-state index >= 15 is 0 Å². The average molecular weight is 175 g/mol. The van der Waals surface area contributed by atoms with E-state index in [0.717, 1.165) is 6.42 Å². The molecule has 0 spiro atoms. The summed E-state index contributed by atoms with van der Waals surface area (Å²) >= 11 is 2.80. The first-order chi connectivity index (χ1) is 3.77. The molecule has 8 heavy (non-hydrogen) atoms. The fourth-order valence-electron chi connectivity index (χ4n) is 0.329. The van der Waals surface area contributed by atoms with Gasteiger partial charge in [0.25, 0.3) is 0 Å². The van der Waals surface area contributed by atoms with Crippen molar-refractivity contribution in [2.45, 2.75) is 19.3 Å². The maximum absolute atomic E-state index is 10.2. The standard InChI is InChI=1S/C6H7BrO/c1-2-3-4-5-6(7)8/h1H,3-5H2. The molecule has 0 bridgehead atoms. The van der Waals surface area contributed by atoms with Gasteiger partial charge in [-0.25, -0.2) is 0 Å². The molecule has 0 rings (SSSR count). The minimum absolute atomic E-state index is 0.0350. The smallest absolute Gasteiger partial charge is 0.197 e. The summed E-state index contributed by atoms with van der Waals surface area (Å²) in [6.45, 7) is 0. The topological polar surface area (TPSA) is 17.1 Å². The van der Waals surface area contributed by atoms with Crippen LogP contribution in [-0.4, -0.2) is 4.69 Å². The van der Waals surface area contributed by atoms with Crippen LogP contribution in [0.4, 0.5) is 0 Å². The zero-order valence-corrected chi connectivity index (χ0v) is 6.07. The van der Waals surface area contributed by atoms with Gasteiger partial charge in [0.1, 0.15) is 0 Å². The number of carbonyl (C=O) groups is 1. The molecule has 0 aliphatic heterocycles. The monoisotopic (exact) mass is 174 g/mol. The van der Waals surface area contributed by atoms with E-state index < -0.39 is 0 Å². The maximum atomic E-state index is 10.2. The first-order valence-corrected chi connectivity index (χ1v) is 3.18. The first-order valence-electron chi connectivity index (χ1n) is 2.39. The number of hydrogen-bond donors (Lipinski definition) is 0. The normalized spacial score (nSPS) is 8.00. The third-order valence-corrected chi connectivity index (χ3v) is 1.09. The lowest BCUT2D eigenvalue weighted by Crippen LogP contribution is -1.82. The van der Waals surface area contributed by atoms with Gasteiger partial charge in [0.05, 0.1) is 0 Å². The molecule has 0 aromatic rings. The molecule has 0 radical (unpaired) electrons. The average Bonchev–Trinajstić information content (AvgIpc) is 1.66. The van der Waals surface area contributed by atoms with Crippen LogP contribution >= 0.6 is 15.9 Å². The van der Waals surface area contributed by atoms with Crippen LogP contribution in [0, 0.1) is 12.3 Å². The van der Waals surface area contributed by atoms with Crippen molar-refractivity contribution >= 4 is 20.6 Å². The van der Waals surface area contributed by atoms with Gasteiger partial charge in [-0.15, -0.1) is 12.3 Å². The fourth-order valence-corrected chi connectivity index (χ4v) is 0.610. The van der Waals surface area contributed by atoms with Gasteiger partial charge in [-0.3, -0.25) is 4.79 Å². The zero-order chi connectivity index (χ0) is 6.41. The van der Waals surface area contributed by atoms with Gasteiger partial charge in [-0.05, 0) is 22.4 Å². The third kappa shape index (κ3) is 5.71. The van der Waals surface area contributed by atoms with Crippen LogP contribution < -0.4 is 0 Å². The highest BCUT2D eigenvalue weighted by Gasteiger charge is 1.91. The van der Waals surface area contributed by atoms with Crippen molar-refractivity contribution in [1.82, 2.24) is 0 Å². The van der Waals surface area contributed by atoms with E-state index in [-0.39, 0.29) is 4.69 Å². The largest absolute Gasteiger partial charge is 0.287 e. The van der Waals surface area contributed by atoms with Crippen LogP contribution in [0.3, 0.4) is 0 Å². The second-order valence-electron chi connectivity index (χ2n) is 1.41. The predicted octanol–water partition coefficient (Wildman–Crippen LogP) is 1.71. The summed E-state index contributed by atoms with van der Waals surface area (Å²) < 4.78 is 0.0350. The Balaban J connectivity index is 2.97. The van der Waals surface area contributed by atoms with Crippen molar-refractivity contribution in [1.29, 1.82) is 0 Å². The summed E-state index contributed by atoms with van der Waals surface area (Å²) in [7, 11) is 0. The van der Waals surface area contributed by atoms with Gasteiger partial charge in [0.15, 0.2) is 4.69 Å². The fraction of sp³-hybridized carbons (Fsp3) is 0.500. The van der Waals surface area contributed by atoms with Crippen LogP contribution in [0.1, 0.15) is 19.3 Å². The summed E-state index contributed by atoms with van der Waals surface area (Å²) in [5, 5.41) is 0. The Morgan fingerprint density at radius 3 is 2.75 bits per heavy atom. The molecule has 0 N–H and O–H groups in total. The molecule has 0 aliphatic carbocycles. The third-order valence-electron chi connectivity index (χ3n) is 0.694. The second-order valence-corrected chi connectivity index (χ2v) is 2.30. The van der Waals surface area contributed by atoms with Crippen molar-refractivity contribution in [3.05, 3.63) is 0 Å². The van der Waals surface area contributed by atoms with E-state index in [1.165, 1.54) is 0 Å². The molecular formula is C6H7BrO. The first kappa shape index (κ1) is 7.71.